The molecule has 3 nitrogen and oxygen atoms in total. The largest absolute Gasteiger partial charge is 0.388 e. The fourth-order valence-corrected chi connectivity index (χ4v) is 4.82. The van der Waals surface area contributed by atoms with Gasteiger partial charge in [-0.05, 0) is 58.2 Å². The van der Waals surface area contributed by atoms with E-state index in [1.54, 1.807) is 0 Å². The van der Waals surface area contributed by atoms with Crippen molar-refractivity contribution in [2.75, 3.05) is 12.4 Å². The number of nitrogens with zero attached hydrogens (tertiary/aromatic N) is 1. The maximum Gasteiger partial charge on any atom is 0.0873 e. The first-order valence-corrected chi connectivity index (χ1v) is 12.9. The maximum absolute atomic E-state index is 5.03. The Morgan fingerprint density at radius 2 is 1.24 bits per heavy atom. The molecule has 0 fully saturated rings. The molecular formula is C35H29N3. The van der Waals surface area contributed by atoms with E-state index in [9.17, 15) is 0 Å². The lowest BCUT2D eigenvalue weighted by molar-refractivity contribution is 0.738. The fourth-order valence-electron chi connectivity index (χ4n) is 4.82. The normalized spacial score (nSPS) is 14.4. The second-order valence-electron chi connectivity index (χ2n) is 9.39. The van der Waals surface area contributed by atoms with E-state index in [1.807, 2.05) is 13.1 Å². The molecule has 6 rings (SSSR count). The SMILES string of the molecule is CNc1cccc(-c2ccc(-c3cccc(C4C=CC=C(c5ccc(-c6ccccc6)cc5)N4)n3)cc2)c1. The van der Waals surface area contributed by atoms with Crippen LogP contribution >= 0.6 is 0 Å². The molecule has 0 saturated heterocycles. The van der Waals surface area contributed by atoms with Crippen LogP contribution in [0.15, 0.2) is 140 Å². The van der Waals surface area contributed by atoms with Crippen LogP contribution in [-0.4, -0.2) is 12.0 Å². The van der Waals surface area contributed by atoms with E-state index in [2.05, 4.69) is 144 Å². The van der Waals surface area contributed by atoms with Crippen molar-refractivity contribution >= 4 is 11.4 Å². The van der Waals surface area contributed by atoms with Crippen molar-refractivity contribution in [3.8, 4) is 33.5 Å². The number of benzene rings is 4. The van der Waals surface area contributed by atoms with Crippen molar-refractivity contribution in [1.82, 2.24) is 10.3 Å². The predicted molar refractivity (Wildman–Crippen MR) is 160 cm³/mol. The van der Waals surface area contributed by atoms with E-state index in [-0.39, 0.29) is 6.04 Å². The van der Waals surface area contributed by atoms with Gasteiger partial charge in [0.25, 0.3) is 0 Å². The van der Waals surface area contributed by atoms with Crippen LogP contribution in [0.4, 0.5) is 5.69 Å². The van der Waals surface area contributed by atoms with Crippen molar-refractivity contribution in [3.63, 3.8) is 0 Å². The summed E-state index contributed by atoms with van der Waals surface area (Å²) in [6, 6.07) is 42.5. The minimum Gasteiger partial charge on any atom is -0.388 e. The first-order valence-electron chi connectivity index (χ1n) is 12.9. The van der Waals surface area contributed by atoms with Gasteiger partial charge < -0.3 is 10.6 Å². The minimum absolute atomic E-state index is 0.00677. The predicted octanol–water partition coefficient (Wildman–Crippen LogP) is 8.37. The fraction of sp³-hybridized carbons (Fsp3) is 0.0571. The van der Waals surface area contributed by atoms with E-state index in [1.165, 1.54) is 22.3 Å². The van der Waals surface area contributed by atoms with Crippen LogP contribution < -0.4 is 10.6 Å². The van der Waals surface area contributed by atoms with Gasteiger partial charge in [-0.3, -0.25) is 4.98 Å². The van der Waals surface area contributed by atoms with E-state index in [0.29, 0.717) is 0 Å². The zero-order chi connectivity index (χ0) is 25.7. The molecule has 0 bridgehead atoms. The molecule has 0 aliphatic carbocycles. The zero-order valence-corrected chi connectivity index (χ0v) is 21.3. The molecule has 1 unspecified atom stereocenters. The molecule has 0 spiro atoms. The Labute approximate surface area is 224 Å². The smallest absolute Gasteiger partial charge is 0.0873 e. The minimum atomic E-state index is 0.00677. The number of hydrogen-bond donors (Lipinski definition) is 2. The van der Waals surface area contributed by atoms with Gasteiger partial charge in [-0.2, -0.15) is 0 Å². The first-order chi connectivity index (χ1) is 18.8. The van der Waals surface area contributed by atoms with Crippen LogP contribution in [0.1, 0.15) is 17.3 Å². The summed E-state index contributed by atoms with van der Waals surface area (Å²) in [5.74, 6) is 0. The van der Waals surface area contributed by atoms with Gasteiger partial charge in [0.1, 0.15) is 0 Å². The summed E-state index contributed by atoms with van der Waals surface area (Å²) in [6.07, 6.45) is 6.40. The monoisotopic (exact) mass is 491 g/mol. The highest BCUT2D eigenvalue weighted by molar-refractivity contribution is 5.73. The maximum atomic E-state index is 5.03. The molecule has 4 aromatic carbocycles. The summed E-state index contributed by atoms with van der Waals surface area (Å²) < 4.78 is 0. The summed E-state index contributed by atoms with van der Waals surface area (Å²) in [4.78, 5) is 5.03. The third-order valence-corrected chi connectivity index (χ3v) is 6.94. The Kier molecular flexibility index (Phi) is 6.57. The molecule has 1 aliphatic rings. The number of aromatic nitrogens is 1. The Morgan fingerprint density at radius 1 is 0.605 bits per heavy atom. The second-order valence-corrected chi connectivity index (χ2v) is 9.39. The number of pyridine rings is 1. The molecule has 5 aromatic rings. The van der Waals surface area contributed by atoms with Crippen LogP contribution in [0.25, 0.3) is 39.2 Å². The van der Waals surface area contributed by atoms with Gasteiger partial charge in [-0.1, -0.05) is 109 Å². The molecular weight excluding hydrogens is 462 g/mol. The number of rotatable bonds is 6. The quantitative estimate of drug-likeness (QED) is 0.250. The highest BCUT2D eigenvalue weighted by Gasteiger charge is 2.16. The molecule has 2 N–H and O–H groups in total. The van der Waals surface area contributed by atoms with E-state index in [4.69, 9.17) is 4.98 Å². The van der Waals surface area contributed by atoms with Gasteiger partial charge in [0.15, 0.2) is 0 Å². The summed E-state index contributed by atoms with van der Waals surface area (Å²) in [5, 5.41) is 6.88. The van der Waals surface area contributed by atoms with Gasteiger partial charge >= 0.3 is 0 Å². The first kappa shape index (κ1) is 23.5. The lowest BCUT2D eigenvalue weighted by atomic mass is 10.00. The van der Waals surface area contributed by atoms with Crippen LogP contribution in [-0.2, 0) is 0 Å². The van der Waals surface area contributed by atoms with Gasteiger partial charge in [0.05, 0.1) is 17.4 Å². The van der Waals surface area contributed by atoms with Gasteiger partial charge in [-0.15, -0.1) is 0 Å². The Balaban J connectivity index is 1.19. The third-order valence-electron chi connectivity index (χ3n) is 6.94. The van der Waals surface area contributed by atoms with Gasteiger partial charge in [-0.25, -0.2) is 0 Å². The molecule has 184 valence electrons. The van der Waals surface area contributed by atoms with E-state index in [0.717, 1.165) is 33.9 Å². The molecule has 2 heterocycles. The van der Waals surface area contributed by atoms with Crippen molar-refractivity contribution in [2.45, 2.75) is 6.04 Å². The molecule has 1 aromatic heterocycles. The third kappa shape index (κ3) is 5.00. The molecule has 38 heavy (non-hydrogen) atoms. The Bertz CT molecular complexity index is 1600. The van der Waals surface area contributed by atoms with E-state index < -0.39 is 0 Å². The molecule has 0 saturated carbocycles. The molecule has 1 aliphatic heterocycles. The van der Waals surface area contributed by atoms with Gasteiger partial charge in [0.2, 0.25) is 0 Å². The lowest BCUT2D eigenvalue weighted by Gasteiger charge is -2.22. The molecule has 3 heteroatoms. The number of dihydropyridines is 1. The topological polar surface area (TPSA) is 37.0 Å². The van der Waals surface area contributed by atoms with E-state index >= 15 is 0 Å². The van der Waals surface area contributed by atoms with Crippen LogP contribution in [0.5, 0.6) is 0 Å². The summed E-state index contributed by atoms with van der Waals surface area (Å²) in [6.45, 7) is 0. The van der Waals surface area contributed by atoms with Crippen LogP contribution in [0, 0.1) is 0 Å². The standard InChI is InChI=1S/C35H29N3/c1-36-31-11-5-10-30(24-31)27-18-22-29(23-19-27)33-13-7-15-35(38-33)34-14-6-12-32(37-34)28-20-16-26(17-21-28)25-8-3-2-4-9-25/h2-24,34,36-37H,1H3. The average molecular weight is 492 g/mol. The molecule has 0 radical (unpaired) electrons. The Hall–Kier alpha value is -4.89. The number of anilines is 1. The van der Waals surface area contributed by atoms with Crippen molar-refractivity contribution in [3.05, 3.63) is 151 Å². The van der Waals surface area contributed by atoms with Crippen molar-refractivity contribution in [2.24, 2.45) is 0 Å². The van der Waals surface area contributed by atoms with Crippen LogP contribution in [0.2, 0.25) is 0 Å². The number of hydrogen-bond acceptors (Lipinski definition) is 3. The molecule has 1 atom stereocenters. The zero-order valence-electron chi connectivity index (χ0n) is 21.3. The summed E-state index contributed by atoms with van der Waals surface area (Å²) in [5.41, 5.74) is 11.3. The summed E-state index contributed by atoms with van der Waals surface area (Å²) >= 11 is 0. The van der Waals surface area contributed by atoms with Crippen LogP contribution in [0.3, 0.4) is 0 Å². The number of allylic oxidation sites excluding steroid dienone is 2. The van der Waals surface area contributed by atoms with Gasteiger partial charge in [0, 0.05) is 24.0 Å². The average Bonchev–Trinajstić information content (AvgIpc) is 3.02. The summed E-state index contributed by atoms with van der Waals surface area (Å²) in [7, 11) is 1.94. The highest BCUT2D eigenvalue weighted by atomic mass is 15.0. The molecule has 0 amide bonds. The highest BCUT2D eigenvalue weighted by Crippen LogP contribution is 2.29. The lowest BCUT2D eigenvalue weighted by Crippen LogP contribution is -2.21. The Morgan fingerprint density at radius 3 is 2.00 bits per heavy atom. The second kappa shape index (κ2) is 10.6. The number of nitrogens with one attached hydrogen (secondary N) is 2. The van der Waals surface area contributed by atoms with Crippen molar-refractivity contribution < 1.29 is 0 Å². The van der Waals surface area contributed by atoms with Crippen molar-refractivity contribution in [1.29, 1.82) is 0 Å².